The maximum Gasteiger partial charge on any atom is 0.416 e. The zero-order valence-corrected chi connectivity index (χ0v) is 37.2. The Morgan fingerprint density at radius 3 is 1.86 bits per heavy atom. The minimum atomic E-state index is -2.94. The lowest BCUT2D eigenvalue weighted by atomic mass is 9.74. The highest BCUT2D eigenvalue weighted by Gasteiger charge is 2.56. The van der Waals surface area contributed by atoms with Gasteiger partial charge in [-0.15, -0.1) is 0 Å². The van der Waals surface area contributed by atoms with Crippen LogP contribution in [0.15, 0.2) is 72.3 Å². The van der Waals surface area contributed by atoms with Gasteiger partial charge < -0.3 is 28.1 Å². The molecule has 2 aliphatic rings. The smallest absolute Gasteiger partial charge is 0.416 e. The van der Waals surface area contributed by atoms with E-state index in [0.29, 0.717) is 18.5 Å². The van der Waals surface area contributed by atoms with Crippen LogP contribution in [0.4, 0.5) is 4.79 Å². The maximum absolute atomic E-state index is 14.9. The van der Waals surface area contributed by atoms with Crippen molar-refractivity contribution in [1.29, 1.82) is 0 Å². The summed E-state index contributed by atoms with van der Waals surface area (Å²) in [7, 11) is -2.94. The van der Waals surface area contributed by atoms with E-state index in [1.165, 1.54) is 13.8 Å². The molecule has 0 bridgehead atoms. The van der Waals surface area contributed by atoms with Gasteiger partial charge in [0.15, 0.2) is 5.79 Å². The number of carbonyl (C=O) groups excluding carboxylic acids is 5. The van der Waals surface area contributed by atoms with Gasteiger partial charge in [-0.05, 0) is 41.8 Å². The lowest BCUT2D eigenvalue weighted by molar-refractivity contribution is -0.338. The first-order valence-electron chi connectivity index (χ1n) is 20.2. The lowest BCUT2D eigenvalue weighted by Crippen LogP contribution is -2.67. The summed E-state index contributed by atoms with van der Waals surface area (Å²) in [5.74, 6) is -6.60. The van der Waals surface area contributed by atoms with E-state index < -0.39 is 86.1 Å². The molecule has 13 heteroatoms. The largest absolute Gasteiger partial charge is 0.462 e. The molecule has 2 amide bonds. The van der Waals surface area contributed by atoms with Crippen molar-refractivity contribution >= 4 is 48.9 Å². The summed E-state index contributed by atoms with van der Waals surface area (Å²) < 4.78 is 37.9. The minimum Gasteiger partial charge on any atom is -0.462 e. The number of ether oxygens (including phenoxy) is 5. The van der Waals surface area contributed by atoms with E-state index in [1.54, 1.807) is 40.7 Å². The van der Waals surface area contributed by atoms with Gasteiger partial charge >= 0.3 is 18.0 Å². The standard InChI is InChI=1S/C45H63NO11Si/c1-28(26-47)25-29(2)38(54-33(6)48)31(4)40(55-34(7)49)37(42(50)46-23-24-52-43(46)51)41-32(5)39(56-45(11,12)57-41)30(3)27-53-58(44(8,9)10,35-19-15-13-16-20-35)36-21-17-14-18-22-36/h13-22,25-26,29-32,37-41H,23-24,27H2,1-12H3/b28-25+/t29-,30+,31+,32+,37-,38-,39+,40+,41+/m0/s1. The Labute approximate surface area is 345 Å². The Kier molecular flexibility index (Phi) is 15.4. The molecule has 2 fully saturated rings. The van der Waals surface area contributed by atoms with Crippen molar-refractivity contribution in [3.05, 3.63) is 72.3 Å². The quantitative estimate of drug-likeness (QED) is 0.0625. The van der Waals surface area contributed by atoms with Crippen LogP contribution in [-0.4, -0.2) is 93.4 Å². The van der Waals surface area contributed by atoms with Crippen molar-refractivity contribution in [2.24, 2.45) is 29.6 Å². The van der Waals surface area contributed by atoms with E-state index in [4.69, 9.17) is 28.1 Å². The number of allylic oxidation sites excluding steroid dienone is 1. The number of imide groups is 1. The van der Waals surface area contributed by atoms with Crippen molar-refractivity contribution in [3.63, 3.8) is 0 Å². The second-order valence-electron chi connectivity index (χ2n) is 17.4. The zero-order valence-electron chi connectivity index (χ0n) is 36.2. The van der Waals surface area contributed by atoms with Crippen LogP contribution in [0.3, 0.4) is 0 Å². The molecule has 0 saturated carbocycles. The molecule has 0 aliphatic carbocycles. The molecule has 2 heterocycles. The Morgan fingerprint density at radius 1 is 0.879 bits per heavy atom. The number of carbonyl (C=O) groups is 5. The number of hydrogen-bond acceptors (Lipinski definition) is 11. The van der Waals surface area contributed by atoms with Crippen LogP contribution in [0, 0.1) is 29.6 Å². The Hall–Kier alpha value is -4.17. The first kappa shape index (κ1) is 46.5. The summed E-state index contributed by atoms with van der Waals surface area (Å²) in [5, 5.41) is 2.00. The first-order chi connectivity index (χ1) is 27.1. The van der Waals surface area contributed by atoms with E-state index in [2.05, 4.69) is 52.0 Å². The Morgan fingerprint density at radius 2 is 1.40 bits per heavy atom. The third-order valence-corrected chi connectivity index (χ3v) is 16.3. The third kappa shape index (κ3) is 10.5. The van der Waals surface area contributed by atoms with Crippen LogP contribution in [0.5, 0.6) is 0 Å². The normalized spacial score (nSPS) is 23.1. The third-order valence-electron chi connectivity index (χ3n) is 11.3. The van der Waals surface area contributed by atoms with Gasteiger partial charge in [-0.1, -0.05) is 115 Å². The molecule has 12 nitrogen and oxygen atoms in total. The number of aldehydes is 1. The molecule has 4 rings (SSSR count). The summed E-state index contributed by atoms with van der Waals surface area (Å²) in [6.45, 7) is 22.1. The Bertz CT molecular complexity index is 1740. The molecule has 0 unspecified atom stereocenters. The number of cyclic esters (lactones) is 1. The molecule has 9 atom stereocenters. The number of esters is 2. The molecule has 0 spiro atoms. The van der Waals surface area contributed by atoms with Gasteiger partial charge in [0, 0.05) is 44.1 Å². The summed E-state index contributed by atoms with van der Waals surface area (Å²) in [5.41, 5.74) is 0.411. The summed E-state index contributed by atoms with van der Waals surface area (Å²) in [6, 6.07) is 20.7. The van der Waals surface area contributed by atoms with Gasteiger partial charge in [-0.3, -0.25) is 19.2 Å². The molecule has 0 aromatic heterocycles. The molecule has 58 heavy (non-hydrogen) atoms. The molecule has 2 aromatic rings. The van der Waals surface area contributed by atoms with Crippen molar-refractivity contribution in [3.8, 4) is 0 Å². The van der Waals surface area contributed by atoms with E-state index in [1.807, 2.05) is 43.3 Å². The summed E-state index contributed by atoms with van der Waals surface area (Å²) >= 11 is 0. The summed E-state index contributed by atoms with van der Waals surface area (Å²) in [4.78, 5) is 66.0. The van der Waals surface area contributed by atoms with Crippen molar-refractivity contribution in [2.75, 3.05) is 19.8 Å². The molecule has 2 aromatic carbocycles. The topological polar surface area (TPSA) is 144 Å². The molecule has 2 saturated heterocycles. The second kappa shape index (κ2) is 19.3. The van der Waals surface area contributed by atoms with Gasteiger partial charge in [0.05, 0.1) is 18.8 Å². The van der Waals surface area contributed by atoms with Crippen LogP contribution in [0.1, 0.15) is 83.1 Å². The fraction of sp³-hybridized carbons (Fsp3) is 0.578. The average molecular weight is 822 g/mol. The highest BCUT2D eigenvalue weighted by molar-refractivity contribution is 6.99. The van der Waals surface area contributed by atoms with Crippen molar-refractivity contribution < 1.29 is 52.1 Å². The number of amides is 2. The van der Waals surface area contributed by atoms with Crippen LogP contribution >= 0.6 is 0 Å². The molecular weight excluding hydrogens is 759 g/mol. The van der Waals surface area contributed by atoms with Crippen LogP contribution < -0.4 is 10.4 Å². The monoisotopic (exact) mass is 821 g/mol. The Balaban J connectivity index is 1.82. The molecule has 2 aliphatic heterocycles. The molecule has 318 valence electrons. The number of hydrogen-bond donors (Lipinski definition) is 0. The van der Waals surface area contributed by atoms with Crippen LogP contribution in [0.2, 0.25) is 5.04 Å². The van der Waals surface area contributed by atoms with Crippen LogP contribution in [0.25, 0.3) is 0 Å². The predicted molar refractivity (Wildman–Crippen MR) is 222 cm³/mol. The number of nitrogens with zero attached hydrogens (tertiary/aromatic N) is 1. The minimum absolute atomic E-state index is 0.00285. The maximum atomic E-state index is 14.9. The van der Waals surface area contributed by atoms with Gasteiger partial charge in [-0.25, -0.2) is 9.69 Å². The van der Waals surface area contributed by atoms with E-state index in [9.17, 15) is 24.0 Å². The van der Waals surface area contributed by atoms with Crippen molar-refractivity contribution in [1.82, 2.24) is 4.90 Å². The van der Waals surface area contributed by atoms with Crippen molar-refractivity contribution in [2.45, 2.75) is 118 Å². The molecular formula is C45H63NO11Si. The van der Waals surface area contributed by atoms with Crippen LogP contribution in [-0.2, 0) is 47.3 Å². The fourth-order valence-corrected chi connectivity index (χ4v) is 13.5. The van der Waals surface area contributed by atoms with Gasteiger partial charge in [0.1, 0.15) is 31.0 Å². The average Bonchev–Trinajstić information content (AvgIpc) is 3.60. The number of rotatable bonds is 16. The first-order valence-corrected chi connectivity index (χ1v) is 22.1. The van der Waals surface area contributed by atoms with E-state index >= 15 is 0 Å². The van der Waals surface area contributed by atoms with Gasteiger partial charge in [0.25, 0.3) is 8.32 Å². The molecule has 0 radical (unpaired) electrons. The fourth-order valence-electron chi connectivity index (χ4n) is 8.79. The van der Waals surface area contributed by atoms with E-state index in [0.717, 1.165) is 15.3 Å². The van der Waals surface area contributed by atoms with Gasteiger partial charge in [-0.2, -0.15) is 0 Å². The highest BCUT2D eigenvalue weighted by Crippen LogP contribution is 2.43. The lowest BCUT2D eigenvalue weighted by Gasteiger charge is -2.51. The predicted octanol–water partition coefficient (Wildman–Crippen LogP) is 6.23. The number of benzene rings is 2. The summed E-state index contributed by atoms with van der Waals surface area (Å²) in [6.07, 6.45) is -2.19. The second-order valence-corrected chi connectivity index (χ2v) is 21.7. The highest BCUT2D eigenvalue weighted by atomic mass is 28.4. The van der Waals surface area contributed by atoms with Gasteiger partial charge in [0.2, 0.25) is 5.91 Å². The SMILES string of the molecule is CC(=O)O[C@H]([C@H](C)[C@@H](OC(C)=O)[C@@H](C)/C=C(\C)C=O)[C@H](C(=O)N1CCOC1=O)[C@@H]1OC(C)(C)O[C@H]([C@H](C)CO[Si](c2ccccc2)(c2ccccc2)C(C)(C)C)[C@H]1C. The molecule has 0 N–H and O–H groups in total. The van der Waals surface area contributed by atoms with E-state index in [-0.39, 0.29) is 24.1 Å². The zero-order chi connectivity index (χ0) is 43.2.